The molecule has 2 amide bonds. The molecule has 0 bridgehead atoms. The van der Waals surface area contributed by atoms with Gasteiger partial charge in [0.25, 0.3) is 0 Å². The number of benzene rings is 1. The predicted octanol–water partition coefficient (Wildman–Crippen LogP) is 3.59. The molecule has 1 aliphatic heterocycles. The lowest BCUT2D eigenvalue weighted by Gasteiger charge is -2.35. The summed E-state index contributed by atoms with van der Waals surface area (Å²) < 4.78 is 0. The van der Waals surface area contributed by atoms with Gasteiger partial charge in [-0.1, -0.05) is 24.3 Å². The van der Waals surface area contributed by atoms with Crippen molar-refractivity contribution >= 4 is 29.2 Å². The Morgan fingerprint density at radius 1 is 0.900 bits per heavy atom. The quantitative estimate of drug-likeness (QED) is 0.692. The van der Waals surface area contributed by atoms with Crippen LogP contribution < -0.4 is 15.5 Å². The molecule has 1 fully saturated rings. The number of amides is 2. The number of hydrogen-bond donors (Lipinski definition) is 2. The Morgan fingerprint density at radius 3 is 2.33 bits per heavy atom. The first-order valence-electron chi connectivity index (χ1n) is 9.98. The maximum atomic E-state index is 12.6. The van der Waals surface area contributed by atoms with Gasteiger partial charge in [0.2, 0.25) is 0 Å². The summed E-state index contributed by atoms with van der Waals surface area (Å²) in [4.78, 5) is 20.8. The summed E-state index contributed by atoms with van der Waals surface area (Å²) in [5, 5.41) is 14.7. The largest absolute Gasteiger partial charge is 0.352 e. The van der Waals surface area contributed by atoms with Crippen molar-refractivity contribution in [2.45, 2.75) is 13.8 Å². The van der Waals surface area contributed by atoms with Crippen LogP contribution in [0.4, 0.5) is 27.9 Å². The lowest BCUT2D eigenvalue weighted by atomic mass is 10.2. The van der Waals surface area contributed by atoms with Gasteiger partial charge < -0.3 is 20.4 Å². The van der Waals surface area contributed by atoms with E-state index in [9.17, 15) is 4.79 Å². The number of anilines is 4. The van der Waals surface area contributed by atoms with Gasteiger partial charge in [0, 0.05) is 38.1 Å². The van der Waals surface area contributed by atoms with Crippen LogP contribution in [0.3, 0.4) is 0 Å². The van der Waals surface area contributed by atoms with E-state index in [1.807, 2.05) is 67.3 Å². The highest BCUT2D eigenvalue weighted by Gasteiger charge is 2.22. The summed E-state index contributed by atoms with van der Waals surface area (Å²) in [6.45, 7) is 6.67. The van der Waals surface area contributed by atoms with Crippen LogP contribution in [0.1, 0.15) is 11.1 Å². The highest BCUT2D eigenvalue weighted by Crippen LogP contribution is 2.18. The zero-order valence-corrected chi connectivity index (χ0v) is 17.2. The number of nitrogens with one attached hydrogen (secondary N) is 2. The van der Waals surface area contributed by atoms with E-state index in [0.29, 0.717) is 32.0 Å². The average molecular weight is 403 g/mol. The Morgan fingerprint density at radius 2 is 1.67 bits per heavy atom. The van der Waals surface area contributed by atoms with Crippen molar-refractivity contribution in [3.8, 4) is 0 Å². The monoisotopic (exact) mass is 403 g/mol. The van der Waals surface area contributed by atoms with Crippen LogP contribution in [0.15, 0.2) is 54.7 Å². The van der Waals surface area contributed by atoms with E-state index in [-0.39, 0.29) is 6.03 Å². The third-order valence-electron chi connectivity index (χ3n) is 5.10. The van der Waals surface area contributed by atoms with Crippen LogP contribution in [0.5, 0.6) is 0 Å². The summed E-state index contributed by atoms with van der Waals surface area (Å²) in [5.74, 6) is 2.18. The topological polar surface area (TPSA) is 86.3 Å². The summed E-state index contributed by atoms with van der Waals surface area (Å²) in [5.41, 5.74) is 3.00. The Kier molecular flexibility index (Phi) is 5.74. The second-order valence-corrected chi connectivity index (χ2v) is 7.34. The van der Waals surface area contributed by atoms with E-state index in [2.05, 4.69) is 30.7 Å². The fraction of sp³-hybridized carbons (Fsp3) is 0.273. The lowest BCUT2D eigenvalue weighted by molar-refractivity contribution is 0.208. The molecule has 1 aliphatic rings. The highest BCUT2D eigenvalue weighted by molar-refractivity contribution is 5.90. The molecule has 3 heterocycles. The first-order valence-corrected chi connectivity index (χ1v) is 9.98. The summed E-state index contributed by atoms with van der Waals surface area (Å²) in [7, 11) is 0. The SMILES string of the molecule is Cc1ccc(Nc2ccc(N3CCN(C(=O)Nc4ccccc4C)CC3)nn2)nc1. The molecular weight excluding hydrogens is 378 g/mol. The molecular formula is C22H25N7O. The number of hydrogen-bond acceptors (Lipinski definition) is 6. The molecule has 2 aromatic heterocycles. The first-order chi connectivity index (χ1) is 14.6. The average Bonchev–Trinajstić information content (AvgIpc) is 2.77. The van der Waals surface area contributed by atoms with Gasteiger partial charge in [-0.15, -0.1) is 10.2 Å². The van der Waals surface area contributed by atoms with E-state index < -0.39 is 0 Å². The van der Waals surface area contributed by atoms with Gasteiger partial charge in [-0.3, -0.25) is 0 Å². The molecule has 2 N–H and O–H groups in total. The van der Waals surface area contributed by atoms with E-state index in [0.717, 1.165) is 28.5 Å². The number of carbonyl (C=O) groups is 1. The van der Waals surface area contributed by atoms with Crippen LogP contribution >= 0.6 is 0 Å². The van der Waals surface area contributed by atoms with E-state index >= 15 is 0 Å². The number of aryl methyl sites for hydroxylation is 2. The van der Waals surface area contributed by atoms with Gasteiger partial charge >= 0.3 is 6.03 Å². The maximum Gasteiger partial charge on any atom is 0.321 e. The van der Waals surface area contributed by atoms with Gasteiger partial charge in [0.1, 0.15) is 5.82 Å². The van der Waals surface area contributed by atoms with Crippen molar-refractivity contribution in [3.05, 3.63) is 65.9 Å². The zero-order chi connectivity index (χ0) is 20.9. The standard InChI is InChI=1S/C22H25N7O/c1-16-7-8-19(23-15-16)25-20-9-10-21(27-26-20)28-11-13-29(14-12-28)22(30)24-18-6-4-3-5-17(18)2/h3-10,15H,11-14H2,1-2H3,(H,24,30)(H,23,25,26). The molecule has 3 aromatic rings. The fourth-order valence-corrected chi connectivity index (χ4v) is 3.28. The fourth-order valence-electron chi connectivity index (χ4n) is 3.28. The summed E-state index contributed by atoms with van der Waals surface area (Å²) in [6, 6.07) is 15.4. The van der Waals surface area contributed by atoms with Crippen LogP contribution in [0.25, 0.3) is 0 Å². The van der Waals surface area contributed by atoms with Gasteiger partial charge in [-0.2, -0.15) is 0 Å². The molecule has 0 spiro atoms. The molecule has 0 aliphatic carbocycles. The van der Waals surface area contributed by atoms with Gasteiger partial charge in [0.05, 0.1) is 0 Å². The first kappa shape index (κ1) is 19.6. The molecule has 1 aromatic carbocycles. The molecule has 8 heteroatoms. The Hall–Kier alpha value is -3.68. The second kappa shape index (κ2) is 8.77. The predicted molar refractivity (Wildman–Crippen MR) is 118 cm³/mol. The summed E-state index contributed by atoms with van der Waals surface area (Å²) >= 11 is 0. The van der Waals surface area contributed by atoms with Crippen molar-refractivity contribution in [2.24, 2.45) is 0 Å². The molecule has 30 heavy (non-hydrogen) atoms. The van der Waals surface area contributed by atoms with Crippen LogP contribution in [-0.2, 0) is 0 Å². The third-order valence-corrected chi connectivity index (χ3v) is 5.10. The van der Waals surface area contributed by atoms with Gasteiger partial charge in [0.15, 0.2) is 11.6 Å². The minimum Gasteiger partial charge on any atom is -0.352 e. The van der Waals surface area contributed by atoms with Gasteiger partial charge in [-0.25, -0.2) is 9.78 Å². The minimum atomic E-state index is -0.0693. The number of aromatic nitrogens is 3. The maximum absolute atomic E-state index is 12.6. The number of carbonyl (C=O) groups excluding carboxylic acids is 1. The van der Waals surface area contributed by atoms with E-state index in [1.165, 1.54) is 0 Å². The number of rotatable bonds is 4. The molecule has 0 atom stereocenters. The summed E-state index contributed by atoms with van der Waals surface area (Å²) in [6.07, 6.45) is 1.80. The van der Waals surface area contributed by atoms with Crippen molar-refractivity contribution in [3.63, 3.8) is 0 Å². The van der Waals surface area contributed by atoms with Crippen LogP contribution in [-0.4, -0.2) is 52.3 Å². The van der Waals surface area contributed by atoms with Gasteiger partial charge in [-0.05, 0) is 49.2 Å². The second-order valence-electron chi connectivity index (χ2n) is 7.34. The number of urea groups is 1. The normalized spacial score (nSPS) is 13.8. The molecule has 0 radical (unpaired) electrons. The Balaban J connectivity index is 1.31. The zero-order valence-electron chi connectivity index (χ0n) is 17.2. The third kappa shape index (κ3) is 4.65. The van der Waals surface area contributed by atoms with Crippen molar-refractivity contribution in [2.75, 3.05) is 41.7 Å². The van der Waals surface area contributed by atoms with E-state index in [4.69, 9.17) is 0 Å². The smallest absolute Gasteiger partial charge is 0.321 e. The molecule has 154 valence electrons. The number of piperazine rings is 1. The Labute approximate surface area is 176 Å². The highest BCUT2D eigenvalue weighted by atomic mass is 16.2. The molecule has 0 saturated carbocycles. The van der Waals surface area contributed by atoms with Crippen molar-refractivity contribution in [1.82, 2.24) is 20.1 Å². The van der Waals surface area contributed by atoms with Crippen LogP contribution in [0.2, 0.25) is 0 Å². The molecule has 8 nitrogen and oxygen atoms in total. The Bertz CT molecular complexity index is 997. The molecule has 4 rings (SSSR count). The molecule has 0 unspecified atom stereocenters. The minimum absolute atomic E-state index is 0.0693. The number of nitrogens with zero attached hydrogens (tertiary/aromatic N) is 5. The number of para-hydroxylation sites is 1. The molecule has 1 saturated heterocycles. The van der Waals surface area contributed by atoms with Crippen molar-refractivity contribution in [1.29, 1.82) is 0 Å². The van der Waals surface area contributed by atoms with E-state index in [1.54, 1.807) is 6.20 Å². The van der Waals surface area contributed by atoms with Crippen molar-refractivity contribution < 1.29 is 4.79 Å². The lowest BCUT2D eigenvalue weighted by Crippen LogP contribution is -2.50. The van der Waals surface area contributed by atoms with Crippen LogP contribution in [0, 0.1) is 13.8 Å². The number of pyridine rings is 1.